The molecule has 0 radical (unpaired) electrons. The maximum atomic E-state index is 5.62. The maximum Gasteiger partial charge on any atom is 0.0223 e. The Bertz CT molecular complexity index is 176. The molecule has 0 spiro atoms. The Balaban J connectivity index is 2.96. The molecule has 0 aliphatic heterocycles. The fraction of sp³-hybridized carbons (Fsp3) is 0.867. The van der Waals surface area contributed by atoms with Gasteiger partial charge in [-0.3, -0.25) is 0 Å². The van der Waals surface area contributed by atoms with E-state index in [1.54, 1.807) is 0 Å². The van der Waals surface area contributed by atoms with Crippen molar-refractivity contribution in [3.8, 4) is 11.8 Å². The molecular weight excluding hydrogens is 216 g/mol. The second kappa shape index (κ2) is 14.8. The van der Waals surface area contributed by atoms with Crippen LogP contribution in [0.25, 0.3) is 0 Å². The summed E-state index contributed by atoms with van der Waals surface area (Å²) in [7, 11) is 0. The van der Waals surface area contributed by atoms with Crippen molar-refractivity contribution in [2.24, 2.45) is 0 Å². The van der Waals surface area contributed by atoms with E-state index in [0.29, 0.717) is 0 Å². The van der Waals surface area contributed by atoms with Gasteiger partial charge in [-0.1, -0.05) is 45.4 Å². The van der Waals surface area contributed by atoms with E-state index in [0.717, 1.165) is 18.7 Å². The lowest BCUT2D eigenvalue weighted by molar-refractivity contribution is 0.580. The summed E-state index contributed by atoms with van der Waals surface area (Å²) in [5.41, 5.74) is 0. The van der Waals surface area contributed by atoms with E-state index in [2.05, 4.69) is 18.8 Å². The first-order valence-electron chi connectivity index (χ1n) is 6.93. The maximum absolute atomic E-state index is 5.62. The van der Waals surface area contributed by atoms with Gasteiger partial charge in [-0.15, -0.1) is 23.4 Å². The van der Waals surface area contributed by atoms with E-state index in [-0.39, 0.29) is 0 Å². The van der Waals surface area contributed by atoms with Crippen LogP contribution < -0.4 is 0 Å². The van der Waals surface area contributed by atoms with E-state index >= 15 is 0 Å². The van der Waals surface area contributed by atoms with Crippen LogP contribution in [-0.2, 0) is 0 Å². The number of alkyl halides is 1. The third-order valence-corrected chi connectivity index (χ3v) is 2.95. The van der Waals surface area contributed by atoms with Gasteiger partial charge in [-0.05, 0) is 19.3 Å². The quantitative estimate of drug-likeness (QED) is 0.268. The first kappa shape index (κ1) is 15.9. The van der Waals surface area contributed by atoms with E-state index in [9.17, 15) is 0 Å². The number of halogens is 1. The lowest BCUT2D eigenvalue weighted by atomic mass is 10.1. The molecule has 0 atom stereocenters. The summed E-state index contributed by atoms with van der Waals surface area (Å²) in [6.07, 6.45) is 14.0. The van der Waals surface area contributed by atoms with Crippen molar-refractivity contribution >= 4 is 11.6 Å². The summed E-state index contributed by atoms with van der Waals surface area (Å²) in [4.78, 5) is 0. The molecule has 0 aliphatic carbocycles. The summed E-state index contributed by atoms with van der Waals surface area (Å²) < 4.78 is 0. The van der Waals surface area contributed by atoms with Gasteiger partial charge in [-0.2, -0.15) is 0 Å². The molecule has 0 fully saturated rings. The van der Waals surface area contributed by atoms with Gasteiger partial charge in [0.25, 0.3) is 0 Å². The summed E-state index contributed by atoms with van der Waals surface area (Å²) in [5.74, 6) is 7.27. The van der Waals surface area contributed by atoms with Crippen molar-refractivity contribution in [3.05, 3.63) is 0 Å². The van der Waals surface area contributed by atoms with Crippen LogP contribution in [-0.4, -0.2) is 5.88 Å². The Hall–Kier alpha value is -0.150. The zero-order valence-electron chi connectivity index (χ0n) is 10.9. The van der Waals surface area contributed by atoms with Crippen LogP contribution in [0.1, 0.15) is 77.6 Å². The minimum Gasteiger partial charge on any atom is -0.127 e. The van der Waals surface area contributed by atoms with Crippen LogP contribution in [0.3, 0.4) is 0 Å². The Kier molecular flexibility index (Phi) is 14.7. The molecule has 0 amide bonds. The second-order valence-corrected chi connectivity index (χ2v) is 4.75. The molecule has 0 aromatic heterocycles. The Morgan fingerprint density at radius 3 is 1.75 bits per heavy atom. The van der Waals surface area contributed by atoms with E-state index in [1.807, 2.05) is 0 Å². The van der Waals surface area contributed by atoms with Gasteiger partial charge in [0, 0.05) is 18.7 Å². The molecule has 16 heavy (non-hydrogen) atoms. The zero-order valence-corrected chi connectivity index (χ0v) is 11.6. The molecule has 0 bridgehead atoms. The van der Waals surface area contributed by atoms with E-state index in [4.69, 9.17) is 11.6 Å². The van der Waals surface area contributed by atoms with Crippen molar-refractivity contribution in [2.45, 2.75) is 77.6 Å². The lowest BCUT2D eigenvalue weighted by Crippen LogP contribution is -1.81. The summed E-state index contributed by atoms with van der Waals surface area (Å²) in [5, 5.41) is 0. The average molecular weight is 243 g/mol. The fourth-order valence-electron chi connectivity index (χ4n) is 1.67. The number of hydrogen-bond acceptors (Lipinski definition) is 0. The van der Waals surface area contributed by atoms with Gasteiger partial charge in [0.05, 0.1) is 0 Å². The molecule has 94 valence electrons. The average Bonchev–Trinajstić information content (AvgIpc) is 2.31. The standard InChI is InChI=1S/C15H27Cl/c1-2-3-4-5-6-7-8-9-10-11-12-13-14-15-16/h2-3,6-15H2,1H3. The van der Waals surface area contributed by atoms with Crippen molar-refractivity contribution in [1.82, 2.24) is 0 Å². The van der Waals surface area contributed by atoms with E-state index < -0.39 is 0 Å². The smallest absolute Gasteiger partial charge is 0.0223 e. The van der Waals surface area contributed by atoms with Crippen molar-refractivity contribution in [1.29, 1.82) is 0 Å². The molecule has 0 saturated carbocycles. The van der Waals surface area contributed by atoms with Crippen LogP contribution in [0, 0.1) is 11.8 Å². The van der Waals surface area contributed by atoms with Gasteiger partial charge in [0.1, 0.15) is 0 Å². The highest BCUT2D eigenvalue weighted by atomic mass is 35.5. The molecule has 0 aromatic rings. The van der Waals surface area contributed by atoms with Crippen LogP contribution in [0.4, 0.5) is 0 Å². The third kappa shape index (κ3) is 13.8. The molecule has 0 saturated heterocycles. The van der Waals surface area contributed by atoms with Crippen molar-refractivity contribution in [3.63, 3.8) is 0 Å². The molecule has 0 unspecified atom stereocenters. The summed E-state index contributed by atoms with van der Waals surface area (Å²) in [6.45, 7) is 2.18. The molecule has 0 aliphatic rings. The molecule has 0 heterocycles. The topological polar surface area (TPSA) is 0 Å². The first-order valence-corrected chi connectivity index (χ1v) is 7.47. The molecule has 0 rings (SSSR count). The second-order valence-electron chi connectivity index (χ2n) is 4.37. The highest BCUT2D eigenvalue weighted by Gasteiger charge is 1.91. The SMILES string of the molecule is CCCC#CCCCCCCCCCCCl. The molecular formula is C15H27Cl. The third-order valence-electron chi connectivity index (χ3n) is 2.69. The van der Waals surface area contributed by atoms with Crippen LogP contribution >= 0.6 is 11.6 Å². The fourth-order valence-corrected chi connectivity index (χ4v) is 1.86. The van der Waals surface area contributed by atoms with Gasteiger partial charge < -0.3 is 0 Å². The highest BCUT2D eigenvalue weighted by Crippen LogP contribution is 2.09. The van der Waals surface area contributed by atoms with Gasteiger partial charge >= 0.3 is 0 Å². The van der Waals surface area contributed by atoms with Gasteiger partial charge in [-0.25, -0.2) is 0 Å². The van der Waals surface area contributed by atoms with Crippen LogP contribution in [0.5, 0.6) is 0 Å². The van der Waals surface area contributed by atoms with Crippen LogP contribution in [0.2, 0.25) is 0 Å². The number of hydrogen-bond donors (Lipinski definition) is 0. The zero-order chi connectivity index (χ0) is 11.9. The van der Waals surface area contributed by atoms with Crippen molar-refractivity contribution in [2.75, 3.05) is 5.88 Å². The minimum absolute atomic E-state index is 0.830. The normalized spacial score (nSPS) is 9.88. The van der Waals surface area contributed by atoms with Gasteiger partial charge in [0.2, 0.25) is 0 Å². The molecule has 0 nitrogen and oxygen atoms in total. The predicted octanol–water partition coefficient (Wildman–Crippen LogP) is 5.54. The Labute approximate surface area is 107 Å². The van der Waals surface area contributed by atoms with Crippen molar-refractivity contribution < 1.29 is 0 Å². The summed E-state index contributed by atoms with van der Waals surface area (Å²) in [6, 6.07) is 0. The van der Waals surface area contributed by atoms with Crippen LogP contribution in [0.15, 0.2) is 0 Å². The predicted molar refractivity (Wildman–Crippen MR) is 75.0 cm³/mol. The highest BCUT2D eigenvalue weighted by molar-refractivity contribution is 6.17. The number of rotatable bonds is 10. The molecule has 0 aromatic carbocycles. The minimum atomic E-state index is 0.830. The van der Waals surface area contributed by atoms with E-state index in [1.165, 1.54) is 57.8 Å². The Morgan fingerprint density at radius 2 is 1.19 bits per heavy atom. The monoisotopic (exact) mass is 242 g/mol. The summed E-state index contributed by atoms with van der Waals surface area (Å²) >= 11 is 5.62. The lowest BCUT2D eigenvalue weighted by Gasteiger charge is -1.99. The largest absolute Gasteiger partial charge is 0.127 e. The molecule has 0 N–H and O–H groups in total. The van der Waals surface area contributed by atoms with Gasteiger partial charge in [0.15, 0.2) is 0 Å². The molecule has 1 heteroatoms. The Morgan fingerprint density at radius 1 is 0.688 bits per heavy atom. The first-order chi connectivity index (χ1) is 7.91. The number of unbranched alkanes of at least 4 members (excludes halogenated alkanes) is 9.